The van der Waals surface area contributed by atoms with E-state index in [1.165, 1.54) is 6.42 Å². The number of aromatic nitrogens is 4. The van der Waals surface area contributed by atoms with Crippen molar-refractivity contribution in [2.45, 2.75) is 25.4 Å². The second-order valence-corrected chi connectivity index (χ2v) is 4.13. The first-order chi connectivity index (χ1) is 8.43. The van der Waals surface area contributed by atoms with Gasteiger partial charge < -0.3 is 4.74 Å². The van der Waals surface area contributed by atoms with E-state index in [9.17, 15) is 0 Å². The van der Waals surface area contributed by atoms with Crippen LogP contribution in [0.4, 0.5) is 0 Å². The Morgan fingerprint density at radius 1 is 1.29 bits per heavy atom. The van der Waals surface area contributed by atoms with Crippen LogP contribution in [0.5, 0.6) is 0 Å². The molecule has 1 saturated heterocycles. The van der Waals surface area contributed by atoms with E-state index >= 15 is 0 Å². The Morgan fingerprint density at radius 3 is 3.06 bits per heavy atom. The molecule has 0 spiro atoms. The fraction of sp³-hybridized carbons (Fsp3) is 0.417. The molecule has 0 amide bonds. The largest absolute Gasteiger partial charge is 0.372 e. The summed E-state index contributed by atoms with van der Waals surface area (Å²) in [7, 11) is 0. The van der Waals surface area contributed by atoms with Gasteiger partial charge in [0.05, 0.1) is 6.20 Å². The molecule has 3 rings (SSSR count). The molecular weight excluding hydrogens is 216 g/mol. The Labute approximate surface area is 99.4 Å². The lowest BCUT2D eigenvalue weighted by Crippen LogP contribution is -2.11. The lowest BCUT2D eigenvalue weighted by molar-refractivity contribution is 0.0122. The Kier molecular flexibility index (Phi) is 2.83. The molecule has 3 heterocycles. The summed E-state index contributed by atoms with van der Waals surface area (Å²) in [6.07, 6.45) is 7.11. The SMILES string of the molecule is c1ccc(-n2cc(C3CCCCO3)nn2)nc1. The maximum absolute atomic E-state index is 5.68. The van der Waals surface area contributed by atoms with E-state index in [-0.39, 0.29) is 6.10 Å². The van der Waals surface area contributed by atoms with E-state index in [1.54, 1.807) is 10.9 Å². The van der Waals surface area contributed by atoms with Gasteiger partial charge in [-0.1, -0.05) is 11.3 Å². The fourth-order valence-corrected chi connectivity index (χ4v) is 2.00. The molecular formula is C12H14N4O. The predicted molar refractivity (Wildman–Crippen MR) is 61.7 cm³/mol. The first kappa shape index (κ1) is 10.4. The van der Waals surface area contributed by atoms with Gasteiger partial charge in [-0.05, 0) is 31.4 Å². The molecule has 2 aromatic rings. The van der Waals surface area contributed by atoms with Gasteiger partial charge in [0.15, 0.2) is 5.82 Å². The van der Waals surface area contributed by atoms with Crippen LogP contribution < -0.4 is 0 Å². The van der Waals surface area contributed by atoms with Gasteiger partial charge in [-0.2, -0.15) is 0 Å². The van der Waals surface area contributed by atoms with Gasteiger partial charge in [-0.25, -0.2) is 9.67 Å². The minimum absolute atomic E-state index is 0.0983. The molecule has 5 nitrogen and oxygen atoms in total. The zero-order valence-electron chi connectivity index (χ0n) is 9.49. The minimum atomic E-state index is 0.0983. The summed E-state index contributed by atoms with van der Waals surface area (Å²) in [6, 6.07) is 5.71. The van der Waals surface area contributed by atoms with Gasteiger partial charge >= 0.3 is 0 Å². The zero-order valence-corrected chi connectivity index (χ0v) is 9.49. The molecule has 2 aromatic heterocycles. The van der Waals surface area contributed by atoms with Gasteiger partial charge in [-0.3, -0.25) is 0 Å². The van der Waals surface area contributed by atoms with Crippen LogP contribution in [0.25, 0.3) is 5.82 Å². The third kappa shape index (κ3) is 2.19. The molecule has 88 valence electrons. The highest BCUT2D eigenvalue weighted by Crippen LogP contribution is 2.26. The average Bonchev–Trinajstić information content (AvgIpc) is 2.90. The van der Waals surface area contributed by atoms with E-state index in [0.717, 1.165) is 31.0 Å². The van der Waals surface area contributed by atoms with Crippen molar-refractivity contribution in [1.29, 1.82) is 0 Å². The minimum Gasteiger partial charge on any atom is -0.372 e. The Bertz CT molecular complexity index is 476. The highest BCUT2D eigenvalue weighted by molar-refractivity contribution is 5.20. The maximum atomic E-state index is 5.68. The van der Waals surface area contributed by atoms with Crippen LogP contribution in [0.15, 0.2) is 30.6 Å². The third-order valence-electron chi connectivity index (χ3n) is 2.90. The Morgan fingerprint density at radius 2 is 2.29 bits per heavy atom. The molecule has 0 bridgehead atoms. The number of pyridine rings is 1. The lowest BCUT2D eigenvalue weighted by atomic mass is 10.1. The highest BCUT2D eigenvalue weighted by Gasteiger charge is 2.19. The van der Waals surface area contributed by atoms with E-state index in [2.05, 4.69) is 15.3 Å². The second-order valence-electron chi connectivity index (χ2n) is 4.13. The van der Waals surface area contributed by atoms with E-state index in [0.29, 0.717) is 0 Å². The number of ether oxygens (including phenoxy) is 1. The predicted octanol–water partition coefficient (Wildman–Crippen LogP) is 1.90. The summed E-state index contributed by atoms with van der Waals surface area (Å²) >= 11 is 0. The van der Waals surface area contributed by atoms with Crippen molar-refractivity contribution in [3.05, 3.63) is 36.3 Å². The van der Waals surface area contributed by atoms with Crippen LogP contribution in [0, 0.1) is 0 Å². The maximum Gasteiger partial charge on any atom is 0.155 e. The lowest BCUT2D eigenvalue weighted by Gasteiger charge is -2.19. The van der Waals surface area contributed by atoms with Crippen molar-refractivity contribution in [3.8, 4) is 5.82 Å². The Hall–Kier alpha value is -1.75. The van der Waals surface area contributed by atoms with Crippen LogP contribution in [0.1, 0.15) is 31.1 Å². The van der Waals surface area contributed by atoms with Crippen molar-refractivity contribution in [2.75, 3.05) is 6.61 Å². The molecule has 1 atom stereocenters. The molecule has 17 heavy (non-hydrogen) atoms. The first-order valence-electron chi connectivity index (χ1n) is 5.89. The topological polar surface area (TPSA) is 52.8 Å². The summed E-state index contributed by atoms with van der Waals surface area (Å²) in [5.41, 5.74) is 0.898. The van der Waals surface area contributed by atoms with Crippen LogP contribution in [0.3, 0.4) is 0 Å². The molecule has 0 N–H and O–H groups in total. The van der Waals surface area contributed by atoms with Crippen LogP contribution in [0.2, 0.25) is 0 Å². The van der Waals surface area contributed by atoms with Crippen molar-refractivity contribution in [3.63, 3.8) is 0 Å². The van der Waals surface area contributed by atoms with Gasteiger partial charge in [0, 0.05) is 12.8 Å². The molecule has 1 aliphatic rings. The smallest absolute Gasteiger partial charge is 0.155 e. The Balaban J connectivity index is 1.83. The number of hydrogen-bond donors (Lipinski definition) is 0. The summed E-state index contributed by atoms with van der Waals surface area (Å²) in [5, 5.41) is 8.25. The fourth-order valence-electron chi connectivity index (χ4n) is 2.00. The van der Waals surface area contributed by atoms with Crippen LogP contribution in [-0.2, 0) is 4.74 Å². The van der Waals surface area contributed by atoms with Crippen molar-refractivity contribution in [2.24, 2.45) is 0 Å². The molecule has 0 aromatic carbocycles. The molecule has 0 aliphatic carbocycles. The van der Waals surface area contributed by atoms with Crippen LogP contribution >= 0.6 is 0 Å². The van der Waals surface area contributed by atoms with Gasteiger partial charge in [0.2, 0.25) is 0 Å². The van der Waals surface area contributed by atoms with Crippen molar-refractivity contribution < 1.29 is 4.74 Å². The third-order valence-corrected chi connectivity index (χ3v) is 2.90. The summed E-state index contributed by atoms with van der Waals surface area (Å²) in [5.74, 6) is 0.780. The molecule has 1 aliphatic heterocycles. The monoisotopic (exact) mass is 230 g/mol. The molecule has 5 heteroatoms. The summed E-state index contributed by atoms with van der Waals surface area (Å²) < 4.78 is 7.36. The zero-order chi connectivity index (χ0) is 11.5. The van der Waals surface area contributed by atoms with Crippen LogP contribution in [-0.4, -0.2) is 26.6 Å². The van der Waals surface area contributed by atoms with Crippen molar-refractivity contribution >= 4 is 0 Å². The van der Waals surface area contributed by atoms with Crippen molar-refractivity contribution in [1.82, 2.24) is 20.0 Å². The summed E-state index contributed by atoms with van der Waals surface area (Å²) in [4.78, 5) is 4.23. The quantitative estimate of drug-likeness (QED) is 0.790. The van der Waals surface area contributed by atoms with E-state index < -0.39 is 0 Å². The van der Waals surface area contributed by atoms with Gasteiger partial charge in [0.25, 0.3) is 0 Å². The number of nitrogens with zero attached hydrogens (tertiary/aromatic N) is 4. The average molecular weight is 230 g/mol. The molecule has 1 unspecified atom stereocenters. The van der Waals surface area contributed by atoms with Gasteiger partial charge in [-0.15, -0.1) is 5.10 Å². The second kappa shape index (κ2) is 4.63. The number of hydrogen-bond acceptors (Lipinski definition) is 4. The normalized spacial score (nSPS) is 20.4. The standard InChI is InChI=1S/C12H14N4O/c1-3-7-13-12(6-1)16-9-10(14-15-16)11-5-2-4-8-17-11/h1,3,6-7,9,11H,2,4-5,8H2. The first-order valence-corrected chi connectivity index (χ1v) is 5.89. The molecule has 1 fully saturated rings. The van der Waals surface area contributed by atoms with E-state index in [1.807, 2.05) is 24.4 Å². The van der Waals surface area contributed by atoms with Gasteiger partial charge in [0.1, 0.15) is 11.8 Å². The highest BCUT2D eigenvalue weighted by atomic mass is 16.5. The molecule has 0 radical (unpaired) electrons. The number of rotatable bonds is 2. The molecule has 0 saturated carbocycles. The summed E-state index contributed by atoms with van der Waals surface area (Å²) in [6.45, 7) is 0.821. The van der Waals surface area contributed by atoms with E-state index in [4.69, 9.17) is 4.74 Å².